The van der Waals surface area contributed by atoms with Crippen LogP contribution in [-0.2, 0) is 4.79 Å². The van der Waals surface area contributed by atoms with E-state index in [-0.39, 0.29) is 17.9 Å². The topological polar surface area (TPSA) is 20.3 Å². The summed E-state index contributed by atoms with van der Waals surface area (Å²) in [5.74, 6) is -6.75. The van der Waals surface area contributed by atoms with Crippen LogP contribution in [0.4, 0.5) is 22.0 Å². The van der Waals surface area contributed by atoms with E-state index in [9.17, 15) is 26.7 Å². The monoisotopic (exact) mass is 293 g/mol. The molecule has 20 heavy (non-hydrogen) atoms. The van der Waals surface area contributed by atoms with Crippen molar-refractivity contribution in [2.45, 2.75) is 24.4 Å². The highest BCUT2D eigenvalue weighted by atomic mass is 19.4. The van der Waals surface area contributed by atoms with E-state index >= 15 is 0 Å². The molecule has 0 aliphatic carbocycles. The average molecular weight is 293 g/mol. The van der Waals surface area contributed by atoms with Crippen molar-refractivity contribution in [3.8, 4) is 0 Å². The number of alkyl halides is 5. The fourth-order valence-corrected chi connectivity index (χ4v) is 2.39. The van der Waals surface area contributed by atoms with Gasteiger partial charge in [-0.3, -0.25) is 4.79 Å². The van der Waals surface area contributed by atoms with Crippen LogP contribution in [0.3, 0.4) is 0 Å². The maximum Gasteiger partial charge on any atom is 0.471 e. The molecule has 1 aromatic carbocycles. The van der Waals surface area contributed by atoms with E-state index < -0.39 is 30.5 Å². The lowest BCUT2D eigenvalue weighted by Gasteiger charge is -2.38. The van der Waals surface area contributed by atoms with E-state index in [0.717, 1.165) is 0 Å². The van der Waals surface area contributed by atoms with E-state index in [0.29, 0.717) is 5.56 Å². The lowest BCUT2D eigenvalue weighted by molar-refractivity contribution is -0.193. The van der Waals surface area contributed by atoms with Gasteiger partial charge in [-0.25, -0.2) is 8.78 Å². The van der Waals surface area contributed by atoms with Crippen molar-refractivity contribution < 1.29 is 26.7 Å². The quantitative estimate of drug-likeness (QED) is 0.728. The van der Waals surface area contributed by atoms with E-state index in [4.69, 9.17) is 0 Å². The first kappa shape index (κ1) is 14.7. The van der Waals surface area contributed by atoms with Crippen molar-refractivity contribution in [2.24, 2.45) is 0 Å². The lowest BCUT2D eigenvalue weighted by Crippen LogP contribution is -2.53. The van der Waals surface area contributed by atoms with Crippen molar-refractivity contribution >= 4 is 5.91 Å². The van der Waals surface area contributed by atoms with Gasteiger partial charge in [-0.05, 0) is 12.0 Å². The molecule has 2 rings (SSSR count). The number of likely N-dealkylation sites (tertiary alicyclic amines) is 1. The highest BCUT2D eigenvalue weighted by Gasteiger charge is 2.51. The Labute approximate surface area is 112 Å². The van der Waals surface area contributed by atoms with Gasteiger partial charge in [0.15, 0.2) is 0 Å². The number of amides is 1. The van der Waals surface area contributed by atoms with E-state index in [2.05, 4.69) is 0 Å². The summed E-state index contributed by atoms with van der Waals surface area (Å²) in [4.78, 5) is 11.2. The standard InChI is InChI=1S/C13H12F5NO/c14-12(15)8-19(11(20)13(16,17)18)7-6-10(12)9-4-2-1-3-5-9/h1-5,10H,6-8H2. The summed E-state index contributed by atoms with van der Waals surface area (Å²) in [5, 5.41) is 0. The van der Waals surface area contributed by atoms with Gasteiger partial charge in [-0.15, -0.1) is 0 Å². The summed E-state index contributed by atoms with van der Waals surface area (Å²) >= 11 is 0. The molecule has 2 nitrogen and oxygen atoms in total. The van der Waals surface area contributed by atoms with Crippen LogP contribution >= 0.6 is 0 Å². The highest BCUT2D eigenvalue weighted by Crippen LogP contribution is 2.40. The average Bonchev–Trinajstić information content (AvgIpc) is 2.36. The Morgan fingerprint density at radius 1 is 1.20 bits per heavy atom. The number of rotatable bonds is 1. The van der Waals surface area contributed by atoms with Crippen LogP contribution in [-0.4, -0.2) is 36.0 Å². The van der Waals surface area contributed by atoms with Gasteiger partial charge in [-0.2, -0.15) is 13.2 Å². The number of benzene rings is 1. The first-order chi connectivity index (χ1) is 9.22. The van der Waals surface area contributed by atoms with Crippen LogP contribution in [0.5, 0.6) is 0 Å². The van der Waals surface area contributed by atoms with Crippen molar-refractivity contribution in [1.82, 2.24) is 4.90 Å². The number of piperidine rings is 1. The maximum atomic E-state index is 14.0. The van der Waals surface area contributed by atoms with Crippen LogP contribution in [0.1, 0.15) is 17.9 Å². The molecule has 0 N–H and O–H groups in total. The molecule has 1 fully saturated rings. The summed E-state index contributed by atoms with van der Waals surface area (Å²) in [5.41, 5.74) is 0.372. The van der Waals surface area contributed by atoms with Crippen LogP contribution in [0.25, 0.3) is 0 Å². The minimum atomic E-state index is -5.12. The predicted octanol–water partition coefficient (Wildman–Crippen LogP) is 3.20. The molecule has 0 aromatic heterocycles. The van der Waals surface area contributed by atoms with Crippen molar-refractivity contribution in [1.29, 1.82) is 0 Å². The van der Waals surface area contributed by atoms with Crippen LogP contribution < -0.4 is 0 Å². The Balaban J connectivity index is 2.16. The van der Waals surface area contributed by atoms with Gasteiger partial charge >= 0.3 is 12.1 Å². The normalized spacial score (nSPS) is 22.6. The van der Waals surface area contributed by atoms with E-state index in [1.165, 1.54) is 12.1 Å². The molecule has 1 unspecified atom stereocenters. The van der Waals surface area contributed by atoms with Crippen LogP contribution in [0.2, 0.25) is 0 Å². The zero-order valence-electron chi connectivity index (χ0n) is 10.3. The summed E-state index contributed by atoms with van der Waals surface area (Å²) in [6, 6.07) is 7.89. The summed E-state index contributed by atoms with van der Waals surface area (Å²) in [6.07, 6.45) is -5.31. The van der Waals surface area contributed by atoms with Crippen molar-refractivity contribution in [3.63, 3.8) is 0 Å². The highest BCUT2D eigenvalue weighted by molar-refractivity contribution is 5.82. The third-order valence-electron chi connectivity index (χ3n) is 3.33. The predicted molar refractivity (Wildman–Crippen MR) is 61.4 cm³/mol. The molecule has 0 bridgehead atoms. The molecule has 1 saturated heterocycles. The van der Waals surface area contributed by atoms with Crippen LogP contribution in [0, 0.1) is 0 Å². The first-order valence-corrected chi connectivity index (χ1v) is 6.00. The van der Waals surface area contributed by atoms with Gasteiger partial charge in [0.25, 0.3) is 5.92 Å². The molecule has 7 heteroatoms. The number of nitrogens with zero attached hydrogens (tertiary/aromatic N) is 1. The van der Waals surface area contributed by atoms with E-state index in [1.54, 1.807) is 18.2 Å². The van der Waals surface area contributed by atoms with Gasteiger partial charge in [0.1, 0.15) is 0 Å². The Kier molecular flexibility index (Phi) is 3.71. The largest absolute Gasteiger partial charge is 0.471 e. The summed E-state index contributed by atoms with van der Waals surface area (Å²) in [7, 11) is 0. The number of halogens is 5. The maximum absolute atomic E-state index is 14.0. The van der Waals surface area contributed by atoms with Gasteiger partial charge in [0.05, 0.1) is 12.5 Å². The minimum Gasteiger partial charge on any atom is -0.329 e. The van der Waals surface area contributed by atoms with Gasteiger partial charge < -0.3 is 4.90 Å². The molecule has 0 radical (unpaired) electrons. The minimum absolute atomic E-state index is 0.180. The van der Waals surface area contributed by atoms with Crippen molar-refractivity contribution in [2.75, 3.05) is 13.1 Å². The summed E-state index contributed by atoms with van der Waals surface area (Å²) < 4.78 is 64.8. The fraction of sp³-hybridized carbons (Fsp3) is 0.462. The molecule has 110 valence electrons. The zero-order chi connectivity index (χ0) is 15.0. The van der Waals surface area contributed by atoms with E-state index in [1.807, 2.05) is 0 Å². The molecule has 1 aliphatic heterocycles. The van der Waals surface area contributed by atoms with Gasteiger partial charge in [-0.1, -0.05) is 30.3 Å². The second-order valence-electron chi connectivity index (χ2n) is 4.74. The Bertz CT molecular complexity index is 485. The number of carbonyl (C=O) groups excluding carboxylic acids is 1. The molecule has 1 aliphatic rings. The van der Waals surface area contributed by atoms with Gasteiger partial charge in [0.2, 0.25) is 0 Å². The Morgan fingerprint density at radius 2 is 1.80 bits per heavy atom. The molecule has 1 atom stereocenters. The SMILES string of the molecule is O=C(N1CCC(c2ccccc2)C(F)(F)C1)C(F)(F)F. The number of hydrogen-bond acceptors (Lipinski definition) is 1. The molecule has 0 spiro atoms. The molecule has 1 heterocycles. The smallest absolute Gasteiger partial charge is 0.329 e. The zero-order valence-corrected chi connectivity index (χ0v) is 10.3. The van der Waals surface area contributed by atoms with Crippen LogP contribution in [0.15, 0.2) is 30.3 Å². The molecular formula is C13H12F5NO. The molecule has 1 aromatic rings. The number of hydrogen-bond donors (Lipinski definition) is 0. The molecule has 1 amide bonds. The van der Waals surface area contributed by atoms with Gasteiger partial charge in [0, 0.05) is 6.54 Å². The number of carbonyl (C=O) groups is 1. The third kappa shape index (κ3) is 2.91. The second kappa shape index (κ2) is 5.03. The summed E-state index contributed by atoms with van der Waals surface area (Å²) in [6.45, 7) is -1.53. The first-order valence-electron chi connectivity index (χ1n) is 6.00. The fourth-order valence-electron chi connectivity index (χ4n) is 2.39. The second-order valence-corrected chi connectivity index (χ2v) is 4.74. The molecular weight excluding hydrogens is 281 g/mol. The third-order valence-corrected chi connectivity index (χ3v) is 3.33. The van der Waals surface area contributed by atoms with Crippen molar-refractivity contribution in [3.05, 3.63) is 35.9 Å². The molecule has 0 saturated carbocycles. The lowest BCUT2D eigenvalue weighted by atomic mass is 9.86. The Hall–Kier alpha value is -1.66. The Morgan fingerprint density at radius 3 is 2.30 bits per heavy atom.